The molecule has 136 valence electrons. The van der Waals surface area contributed by atoms with Crippen LogP contribution < -0.4 is 5.32 Å². The highest BCUT2D eigenvalue weighted by atomic mass is 16.5. The van der Waals surface area contributed by atoms with Crippen LogP contribution in [0.25, 0.3) is 0 Å². The van der Waals surface area contributed by atoms with Gasteiger partial charge in [-0.3, -0.25) is 4.79 Å². The van der Waals surface area contributed by atoms with Crippen molar-refractivity contribution in [1.82, 2.24) is 19.9 Å². The number of nitrogens with zero attached hydrogens (tertiary/aromatic N) is 4. The summed E-state index contributed by atoms with van der Waals surface area (Å²) in [6, 6.07) is 7.51. The average Bonchev–Trinajstić information content (AvgIpc) is 3.03. The fourth-order valence-corrected chi connectivity index (χ4v) is 3.87. The number of piperidine rings is 1. The zero-order valence-corrected chi connectivity index (χ0v) is 14.9. The van der Waals surface area contributed by atoms with Crippen LogP contribution >= 0.6 is 0 Å². The van der Waals surface area contributed by atoms with Gasteiger partial charge in [-0.05, 0) is 38.0 Å². The maximum atomic E-state index is 12.8. The summed E-state index contributed by atoms with van der Waals surface area (Å²) in [6.07, 6.45) is 6.18. The second kappa shape index (κ2) is 6.99. The first kappa shape index (κ1) is 16.9. The lowest BCUT2D eigenvalue weighted by molar-refractivity contribution is -0.0448. The van der Waals surface area contributed by atoms with Crippen molar-refractivity contribution in [3.05, 3.63) is 48.0 Å². The number of rotatable bonds is 3. The van der Waals surface area contributed by atoms with Crippen molar-refractivity contribution in [2.45, 2.75) is 37.8 Å². The fraction of sp³-hybridized carbons (Fsp3) is 0.474. The first-order valence-corrected chi connectivity index (χ1v) is 9.04. The molecule has 0 aliphatic carbocycles. The SMILES string of the molecule is Cc1cccc(C(=O)N2CCC[C@]3(C[C@H](Nc4ncccn4)CO3)C2)n1. The summed E-state index contributed by atoms with van der Waals surface area (Å²) < 4.78 is 6.17. The van der Waals surface area contributed by atoms with Gasteiger partial charge in [0.05, 0.1) is 24.8 Å². The Hall–Kier alpha value is -2.54. The van der Waals surface area contributed by atoms with E-state index in [1.807, 2.05) is 24.0 Å². The van der Waals surface area contributed by atoms with Gasteiger partial charge in [-0.15, -0.1) is 0 Å². The van der Waals surface area contributed by atoms with Gasteiger partial charge in [0.1, 0.15) is 5.69 Å². The molecule has 0 unspecified atom stereocenters. The van der Waals surface area contributed by atoms with Gasteiger partial charge < -0.3 is 15.0 Å². The highest BCUT2D eigenvalue weighted by molar-refractivity contribution is 5.92. The van der Waals surface area contributed by atoms with E-state index in [2.05, 4.69) is 20.3 Å². The number of carbonyl (C=O) groups excluding carboxylic acids is 1. The third-order valence-corrected chi connectivity index (χ3v) is 5.04. The zero-order valence-electron chi connectivity index (χ0n) is 14.9. The Labute approximate surface area is 152 Å². The summed E-state index contributed by atoms with van der Waals surface area (Å²) in [5, 5.41) is 3.33. The van der Waals surface area contributed by atoms with E-state index in [4.69, 9.17) is 4.74 Å². The molecule has 7 nitrogen and oxygen atoms in total. The molecular formula is C19H23N5O2. The molecule has 0 bridgehead atoms. The minimum Gasteiger partial charge on any atom is -0.371 e. The largest absolute Gasteiger partial charge is 0.371 e. The second-order valence-corrected chi connectivity index (χ2v) is 7.11. The average molecular weight is 353 g/mol. The highest BCUT2D eigenvalue weighted by Gasteiger charge is 2.44. The molecule has 4 rings (SSSR count). The Morgan fingerprint density at radius 3 is 2.96 bits per heavy atom. The third kappa shape index (κ3) is 3.53. The van der Waals surface area contributed by atoms with Crippen LogP contribution in [-0.4, -0.2) is 57.1 Å². The second-order valence-electron chi connectivity index (χ2n) is 7.11. The summed E-state index contributed by atoms with van der Waals surface area (Å²) >= 11 is 0. The number of hydrogen-bond acceptors (Lipinski definition) is 6. The van der Waals surface area contributed by atoms with Crippen molar-refractivity contribution in [1.29, 1.82) is 0 Å². The van der Waals surface area contributed by atoms with Crippen molar-refractivity contribution in [3.63, 3.8) is 0 Å². The van der Waals surface area contributed by atoms with Crippen molar-refractivity contribution < 1.29 is 9.53 Å². The van der Waals surface area contributed by atoms with Crippen LogP contribution in [0.2, 0.25) is 0 Å². The molecule has 7 heteroatoms. The molecule has 2 fully saturated rings. The normalized spacial score (nSPS) is 25.4. The van der Waals surface area contributed by atoms with E-state index >= 15 is 0 Å². The Balaban J connectivity index is 1.42. The molecule has 2 aromatic heterocycles. The number of hydrogen-bond donors (Lipinski definition) is 1. The standard InChI is InChI=1S/C19H23N5O2/c1-14-5-2-6-16(22-14)17(25)24-10-3-7-19(13-24)11-15(12-26-19)23-18-20-8-4-9-21-18/h2,4-6,8-9,15H,3,7,10-13H2,1H3,(H,20,21,23)/t15-,19-/m0/s1. The molecule has 0 saturated carbocycles. The lowest BCUT2D eigenvalue weighted by atomic mass is 9.88. The number of aryl methyl sites for hydroxylation is 1. The van der Waals surface area contributed by atoms with Crippen LogP contribution in [0.15, 0.2) is 36.7 Å². The summed E-state index contributed by atoms with van der Waals surface area (Å²) in [5.74, 6) is 0.602. The van der Waals surface area contributed by atoms with Crippen LogP contribution in [0, 0.1) is 6.92 Å². The molecule has 2 saturated heterocycles. The molecule has 0 radical (unpaired) electrons. The van der Waals surface area contributed by atoms with Gasteiger partial charge in [0.25, 0.3) is 5.91 Å². The van der Waals surface area contributed by atoms with Crippen LogP contribution in [0.3, 0.4) is 0 Å². The first-order chi connectivity index (χ1) is 12.6. The number of pyridine rings is 1. The van der Waals surface area contributed by atoms with Gasteiger partial charge in [-0.25, -0.2) is 15.0 Å². The smallest absolute Gasteiger partial charge is 0.272 e. The molecule has 2 aromatic rings. The monoisotopic (exact) mass is 353 g/mol. The fourth-order valence-electron chi connectivity index (χ4n) is 3.87. The van der Waals surface area contributed by atoms with Gasteiger partial charge in [-0.1, -0.05) is 6.07 Å². The minimum atomic E-state index is -0.288. The third-order valence-electron chi connectivity index (χ3n) is 5.04. The maximum absolute atomic E-state index is 12.8. The van der Waals surface area contributed by atoms with E-state index in [1.165, 1.54) is 0 Å². The van der Waals surface area contributed by atoms with Crippen LogP contribution in [0.5, 0.6) is 0 Å². The molecule has 2 atom stereocenters. The number of anilines is 1. The van der Waals surface area contributed by atoms with Gasteiger partial charge in [0.2, 0.25) is 5.95 Å². The Bertz CT molecular complexity index is 785. The van der Waals surface area contributed by atoms with E-state index < -0.39 is 0 Å². The summed E-state index contributed by atoms with van der Waals surface area (Å²) in [6.45, 7) is 3.86. The maximum Gasteiger partial charge on any atom is 0.272 e. The molecule has 0 aromatic carbocycles. The first-order valence-electron chi connectivity index (χ1n) is 9.04. The van der Waals surface area contributed by atoms with E-state index in [0.29, 0.717) is 24.8 Å². The molecule has 1 amide bonds. The number of nitrogens with one attached hydrogen (secondary N) is 1. The van der Waals surface area contributed by atoms with Crippen LogP contribution in [0.1, 0.15) is 35.4 Å². The number of aromatic nitrogens is 3. The van der Waals surface area contributed by atoms with E-state index in [1.54, 1.807) is 24.5 Å². The van der Waals surface area contributed by atoms with Crippen molar-refractivity contribution in [3.8, 4) is 0 Å². The van der Waals surface area contributed by atoms with Gasteiger partial charge in [-0.2, -0.15) is 0 Å². The molecule has 26 heavy (non-hydrogen) atoms. The molecule has 1 N–H and O–H groups in total. The number of amides is 1. The van der Waals surface area contributed by atoms with E-state index in [-0.39, 0.29) is 17.6 Å². The van der Waals surface area contributed by atoms with Crippen LogP contribution in [0.4, 0.5) is 5.95 Å². The van der Waals surface area contributed by atoms with Crippen molar-refractivity contribution in [2.75, 3.05) is 25.0 Å². The lowest BCUT2D eigenvalue weighted by Crippen LogP contribution is -2.50. The summed E-state index contributed by atoms with van der Waals surface area (Å²) in [4.78, 5) is 27.5. The van der Waals surface area contributed by atoms with Gasteiger partial charge in [0, 0.05) is 31.1 Å². The Morgan fingerprint density at radius 1 is 1.31 bits per heavy atom. The molecule has 2 aliphatic rings. The molecular weight excluding hydrogens is 330 g/mol. The Morgan fingerprint density at radius 2 is 2.15 bits per heavy atom. The molecule has 1 spiro atoms. The quantitative estimate of drug-likeness (QED) is 0.910. The topological polar surface area (TPSA) is 80.2 Å². The predicted molar refractivity (Wildman–Crippen MR) is 96.9 cm³/mol. The van der Waals surface area contributed by atoms with Gasteiger partial charge in [0.15, 0.2) is 0 Å². The van der Waals surface area contributed by atoms with Crippen molar-refractivity contribution in [2.24, 2.45) is 0 Å². The van der Waals surface area contributed by atoms with Crippen molar-refractivity contribution >= 4 is 11.9 Å². The number of ether oxygens (including phenoxy) is 1. The van der Waals surface area contributed by atoms with Crippen LogP contribution in [-0.2, 0) is 4.74 Å². The highest BCUT2D eigenvalue weighted by Crippen LogP contribution is 2.35. The van der Waals surface area contributed by atoms with Gasteiger partial charge >= 0.3 is 0 Å². The predicted octanol–water partition coefficient (Wildman–Crippen LogP) is 2.06. The van der Waals surface area contributed by atoms with E-state index in [9.17, 15) is 4.79 Å². The Kier molecular flexibility index (Phi) is 4.55. The lowest BCUT2D eigenvalue weighted by Gasteiger charge is -2.39. The summed E-state index contributed by atoms with van der Waals surface area (Å²) in [5.41, 5.74) is 1.07. The zero-order chi connectivity index (χ0) is 18.0. The molecule has 2 aliphatic heterocycles. The molecule has 4 heterocycles. The number of carbonyl (C=O) groups is 1. The minimum absolute atomic E-state index is 0.0147. The number of likely N-dealkylation sites (tertiary alicyclic amines) is 1. The van der Waals surface area contributed by atoms with E-state index in [0.717, 1.165) is 31.5 Å². The summed E-state index contributed by atoms with van der Waals surface area (Å²) in [7, 11) is 0.